The molecule has 0 atom stereocenters. The molecule has 1 aliphatic heterocycles. The van der Waals surface area contributed by atoms with Crippen LogP contribution in [-0.2, 0) is 0 Å². The van der Waals surface area contributed by atoms with Crippen molar-refractivity contribution in [2.75, 3.05) is 5.32 Å². The number of benzene rings is 2. The second-order valence-electron chi connectivity index (χ2n) is 7.07. The van der Waals surface area contributed by atoms with Gasteiger partial charge in [-0.2, -0.15) is 5.10 Å². The minimum absolute atomic E-state index is 0.00470. The highest BCUT2D eigenvalue weighted by Gasteiger charge is 2.43. The van der Waals surface area contributed by atoms with E-state index in [2.05, 4.69) is 19.9 Å². The molecule has 3 aromatic rings. The molecule has 29 heavy (non-hydrogen) atoms. The smallest absolute Gasteiger partial charge is 0.395 e. The molecular weight excluding hydrogens is 380 g/mol. The predicted molar refractivity (Wildman–Crippen MR) is 103 cm³/mol. The lowest BCUT2D eigenvalue weighted by molar-refractivity contribution is -0.286. The summed E-state index contributed by atoms with van der Waals surface area (Å²) in [4.78, 5) is 12.5. The summed E-state index contributed by atoms with van der Waals surface area (Å²) < 4.78 is 37.2. The van der Waals surface area contributed by atoms with Crippen molar-refractivity contribution in [3.05, 3.63) is 59.9 Å². The van der Waals surface area contributed by atoms with Gasteiger partial charge in [0.1, 0.15) is 5.69 Å². The van der Waals surface area contributed by atoms with Gasteiger partial charge in [-0.3, -0.25) is 9.48 Å². The van der Waals surface area contributed by atoms with Crippen LogP contribution in [0.1, 0.15) is 35.9 Å². The molecule has 4 rings (SSSR count). The maximum Gasteiger partial charge on any atom is 0.586 e. The number of alkyl halides is 2. The molecular formula is C21H19F2N3O3. The molecule has 0 saturated carbocycles. The molecule has 0 fully saturated rings. The Morgan fingerprint density at radius 2 is 1.76 bits per heavy atom. The summed E-state index contributed by atoms with van der Waals surface area (Å²) in [6, 6.07) is 11.9. The van der Waals surface area contributed by atoms with Crippen LogP contribution in [0.4, 0.5) is 14.5 Å². The fourth-order valence-electron chi connectivity index (χ4n) is 3.24. The highest BCUT2D eigenvalue weighted by Crippen LogP contribution is 2.44. The lowest BCUT2D eigenvalue weighted by atomic mass is 9.99. The number of rotatable bonds is 4. The Hall–Kier alpha value is -3.42. The van der Waals surface area contributed by atoms with Crippen molar-refractivity contribution >= 4 is 11.6 Å². The van der Waals surface area contributed by atoms with Crippen molar-refractivity contribution < 1.29 is 23.0 Å². The molecule has 1 N–H and O–H groups in total. The number of aromatic nitrogens is 2. The third-order valence-corrected chi connectivity index (χ3v) is 4.59. The number of ether oxygens (including phenoxy) is 2. The van der Waals surface area contributed by atoms with Crippen molar-refractivity contribution in [2.24, 2.45) is 0 Å². The van der Waals surface area contributed by atoms with Gasteiger partial charge in [-0.05, 0) is 67.8 Å². The van der Waals surface area contributed by atoms with E-state index in [1.165, 1.54) is 12.1 Å². The first-order valence-electron chi connectivity index (χ1n) is 9.09. The second kappa shape index (κ2) is 6.88. The second-order valence-corrected chi connectivity index (χ2v) is 7.07. The minimum Gasteiger partial charge on any atom is -0.395 e. The molecule has 0 spiro atoms. The molecule has 2 heterocycles. The number of halogens is 2. The predicted octanol–water partition coefficient (Wildman–Crippen LogP) is 5.01. The van der Waals surface area contributed by atoms with Crippen molar-refractivity contribution in [3.8, 4) is 22.6 Å². The highest BCUT2D eigenvalue weighted by atomic mass is 19.3. The maximum absolute atomic E-state index is 13.3. The van der Waals surface area contributed by atoms with Gasteiger partial charge in [-0.1, -0.05) is 12.1 Å². The first-order chi connectivity index (χ1) is 13.7. The zero-order chi connectivity index (χ0) is 20.8. The van der Waals surface area contributed by atoms with E-state index >= 15 is 0 Å². The zero-order valence-electron chi connectivity index (χ0n) is 16.1. The van der Waals surface area contributed by atoms with Crippen molar-refractivity contribution in [1.82, 2.24) is 9.78 Å². The summed E-state index contributed by atoms with van der Waals surface area (Å²) in [5.74, 6) is -0.248. The SMILES string of the molecule is Cc1cc2c(cc1-c1ccc(NC(=O)c3ccnn3C(C)C)cc1)OC(F)(F)O2. The lowest BCUT2D eigenvalue weighted by Gasteiger charge is -2.12. The topological polar surface area (TPSA) is 65.4 Å². The largest absolute Gasteiger partial charge is 0.586 e. The van der Waals surface area contributed by atoms with E-state index in [1.54, 1.807) is 48.1 Å². The Bertz CT molecular complexity index is 1080. The van der Waals surface area contributed by atoms with Crippen molar-refractivity contribution in [3.63, 3.8) is 0 Å². The summed E-state index contributed by atoms with van der Waals surface area (Å²) in [7, 11) is 0. The number of nitrogens with zero attached hydrogens (tertiary/aromatic N) is 2. The molecule has 1 amide bonds. The average Bonchev–Trinajstić information content (AvgIpc) is 3.25. The normalized spacial score (nSPS) is 14.3. The molecule has 0 bridgehead atoms. The van der Waals surface area contributed by atoms with Crippen LogP contribution in [0.3, 0.4) is 0 Å². The van der Waals surface area contributed by atoms with Gasteiger partial charge in [-0.15, -0.1) is 8.78 Å². The van der Waals surface area contributed by atoms with Crippen LogP contribution in [0, 0.1) is 6.92 Å². The van der Waals surface area contributed by atoms with E-state index in [4.69, 9.17) is 0 Å². The number of hydrogen-bond donors (Lipinski definition) is 1. The minimum atomic E-state index is -3.65. The van der Waals surface area contributed by atoms with Gasteiger partial charge in [0.15, 0.2) is 11.5 Å². The fraction of sp³-hybridized carbons (Fsp3) is 0.238. The number of carbonyl (C=O) groups is 1. The number of aryl methyl sites for hydroxylation is 1. The summed E-state index contributed by atoms with van der Waals surface area (Å²) >= 11 is 0. The van der Waals surface area contributed by atoms with Gasteiger partial charge in [-0.25, -0.2) is 0 Å². The Balaban J connectivity index is 1.55. The van der Waals surface area contributed by atoms with Crippen molar-refractivity contribution in [1.29, 1.82) is 0 Å². The molecule has 0 saturated heterocycles. The molecule has 150 valence electrons. The van der Waals surface area contributed by atoms with Gasteiger partial charge < -0.3 is 14.8 Å². The number of carbonyl (C=O) groups excluding carboxylic acids is 1. The van der Waals surface area contributed by atoms with Gasteiger partial charge in [0, 0.05) is 17.9 Å². The standard InChI is InChI=1S/C21H19F2N3O3/c1-12(2)26-17(8-9-24-26)20(27)25-15-6-4-14(5-7-15)16-11-19-18(10-13(16)3)28-21(22,23)29-19/h4-12H,1-3H3,(H,25,27). The van der Waals surface area contributed by atoms with Crippen LogP contribution in [0.15, 0.2) is 48.7 Å². The number of amides is 1. The highest BCUT2D eigenvalue weighted by molar-refractivity contribution is 6.03. The Kier molecular flexibility index (Phi) is 4.49. The van der Waals surface area contributed by atoms with E-state index in [0.29, 0.717) is 11.4 Å². The summed E-state index contributed by atoms with van der Waals surface area (Å²) in [5, 5.41) is 7.00. The van der Waals surface area contributed by atoms with E-state index in [0.717, 1.165) is 16.7 Å². The molecule has 0 aliphatic carbocycles. The van der Waals surface area contributed by atoms with Gasteiger partial charge >= 0.3 is 6.29 Å². The van der Waals surface area contributed by atoms with Crippen LogP contribution < -0.4 is 14.8 Å². The first-order valence-corrected chi connectivity index (χ1v) is 9.09. The van der Waals surface area contributed by atoms with Gasteiger partial charge in [0.2, 0.25) is 0 Å². The van der Waals surface area contributed by atoms with Crippen LogP contribution in [0.5, 0.6) is 11.5 Å². The third kappa shape index (κ3) is 3.65. The third-order valence-electron chi connectivity index (χ3n) is 4.59. The monoisotopic (exact) mass is 399 g/mol. The van der Waals surface area contributed by atoms with Crippen LogP contribution >= 0.6 is 0 Å². The number of fused-ring (bicyclic) bond motifs is 1. The molecule has 1 aliphatic rings. The maximum atomic E-state index is 13.3. The van der Waals surface area contributed by atoms with E-state index in [1.807, 2.05) is 13.8 Å². The zero-order valence-corrected chi connectivity index (χ0v) is 16.1. The molecule has 0 unspecified atom stereocenters. The van der Waals surface area contributed by atoms with Gasteiger partial charge in [0.25, 0.3) is 5.91 Å². The lowest BCUT2D eigenvalue weighted by Crippen LogP contribution is -2.25. The Morgan fingerprint density at radius 3 is 2.41 bits per heavy atom. The van der Waals surface area contributed by atoms with E-state index < -0.39 is 6.29 Å². The van der Waals surface area contributed by atoms with Crippen LogP contribution in [-0.4, -0.2) is 22.0 Å². The van der Waals surface area contributed by atoms with E-state index in [-0.39, 0.29) is 23.4 Å². The fourth-order valence-corrected chi connectivity index (χ4v) is 3.24. The molecule has 6 nitrogen and oxygen atoms in total. The summed E-state index contributed by atoms with van der Waals surface area (Å²) in [6.45, 7) is 5.70. The Morgan fingerprint density at radius 1 is 1.10 bits per heavy atom. The van der Waals surface area contributed by atoms with Gasteiger partial charge in [0.05, 0.1) is 0 Å². The van der Waals surface area contributed by atoms with Crippen LogP contribution in [0.2, 0.25) is 0 Å². The average molecular weight is 399 g/mol. The molecule has 1 aromatic heterocycles. The molecule has 2 aromatic carbocycles. The summed E-state index contributed by atoms with van der Waals surface area (Å²) in [5.41, 5.74) is 3.38. The Labute approximate surface area is 166 Å². The number of anilines is 1. The number of hydrogen-bond acceptors (Lipinski definition) is 4. The van der Waals surface area contributed by atoms with Crippen LogP contribution in [0.25, 0.3) is 11.1 Å². The molecule has 0 radical (unpaired) electrons. The first kappa shape index (κ1) is 18.9. The number of nitrogens with one attached hydrogen (secondary N) is 1. The van der Waals surface area contributed by atoms with Crippen molar-refractivity contribution in [2.45, 2.75) is 33.1 Å². The molecule has 8 heteroatoms. The van der Waals surface area contributed by atoms with E-state index in [9.17, 15) is 13.6 Å². The quantitative estimate of drug-likeness (QED) is 0.670. The summed E-state index contributed by atoms with van der Waals surface area (Å²) in [6.07, 6.45) is -2.06.